The SMILES string of the molecule is O=C(O)C(=O)C(O)(CO)C(=O)O. The molecule has 0 bridgehead atoms. The summed E-state index contributed by atoms with van der Waals surface area (Å²) in [5, 5.41) is 33.2. The summed E-state index contributed by atoms with van der Waals surface area (Å²) in [6, 6.07) is 0. The van der Waals surface area contributed by atoms with Crippen molar-refractivity contribution in [3.8, 4) is 0 Å². The van der Waals surface area contributed by atoms with Crippen LogP contribution >= 0.6 is 0 Å². The van der Waals surface area contributed by atoms with Gasteiger partial charge in [-0.3, -0.25) is 4.79 Å². The minimum atomic E-state index is -3.24. The molecule has 0 saturated heterocycles. The average Bonchev–Trinajstić information content (AvgIpc) is 2.01. The minimum absolute atomic E-state index is 1.48. The fraction of sp³-hybridized carbons (Fsp3) is 0.400. The number of aliphatic hydroxyl groups is 2. The Balaban J connectivity index is 4.89. The molecule has 0 aliphatic heterocycles. The van der Waals surface area contributed by atoms with E-state index >= 15 is 0 Å². The molecule has 4 N–H and O–H groups in total. The Morgan fingerprint density at radius 1 is 1.17 bits per heavy atom. The Hall–Kier alpha value is -1.47. The van der Waals surface area contributed by atoms with Crippen LogP contribution in [0.5, 0.6) is 0 Å². The highest BCUT2D eigenvalue weighted by molar-refractivity contribution is 6.40. The molecule has 0 heterocycles. The normalized spacial score (nSPS) is 14.8. The Kier molecular flexibility index (Phi) is 2.88. The van der Waals surface area contributed by atoms with Gasteiger partial charge in [-0.15, -0.1) is 0 Å². The Labute approximate surface area is 65.9 Å². The molecular weight excluding hydrogens is 172 g/mol. The number of ketones is 1. The lowest BCUT2D eigenvalue weighted by molar-refractivity contribution is -0.175. The lowest BCUT2D eigenvalue weighted by Gasteiger charge is -2.15. The molecule has 1 atom stereocenters. The number of carboxylic acid groups (broad SMARTS) is 2. The van der Waals surface area contributed by atoms with Gasteiger partial charge in [0.15, 0.2) is 0 Å². The summed E-state index contributed by atoms with van der Waals surface area (Å²) in [6.45, 7) is -1.48. The molecule has 0 aromatic rings. The highest BCUT2D eigenvalue weighted by Gasteiger charge is 2.47. The minimum Gasteiger partial charge on any atom is -0.479 e. The van der Waals surface area contributed by atoms with Gasteiger partial charge in [0.1, 0.15) is 0 Å². The van der Waals surface area contributed by atoms with E-state index in [1.807, 2.05) is 0 Å². The smallest absolute Gasteiger partial charge is 0.376 e. The summed E-state index contributed by atoms with van der Waals surface area (Å²) in [7, 11) is 0. The summed E-state index contributed by atoms with van der Waals surface area (Å²) in [6.07, 6.45) is 0. The first-order valence-electron chi connectivity index (χ1n) is 2.70. The third-order valence-electron chi connectivity index (χ3n) is 1.15. The van der Waals surface area contributed by atoms with Crippen molar-refractivity contribution in [3.63, 3.8) is 0 Å². The number of hydrogen-bond donors (Lipinski definition) is 4. The van der Waals surface area contributed by atoms with Crippen LogP contribution in [0.4, 0.5) is 0 Å². The largest absolute Gasteiger partial charge is 0.479 e. The van der Waals surface area contributed by atoms with Gasteiger partial charge in [0.2, 0.25) is 0 Å². The molecule has 12 heavy (non-hydrogen) atoms. The molecule has 0 radical (unpaired) electrons. The predicted octanol–water partition coefficient (Wildman–Crippen LogP) is -2.55. The van der Waals surface area contributed by atoms with Crippen LogP contribution in [0.1, 0.15) is 0 Å². The van der Waals surface area contributed by atoms with Crippen molar-refractivity contribution in [2.24, 2.45) is 0 Å². The van der Waals surface area contributed by atoms with E-state index in [1.54, 1.807) is 0 Å². The lowest BCUT2D eigenvalue weighted by atomic mass is 10.0. The van der Waals surface area contributed by atoms with E-state index in [2.05, 4.69) is 0 Å². The molecule has 0 amide bonds. The topological polar surface area (TPSA) is 132 Å². The van der Waals surface area contributed by atoms with E-state index in [0.717, 1.165) is 0 Å². The van der Waals surface area contributed by atoms with Gasteiger partial charge in [-0.1, -0.05) is 0 Å². The Morgan fingerprint density at radius 2 is 1.58 bits per heavy atom. The van der Waals surface area contributed by atoms with Crippen molar-refractivity contribution in [2.75, 3.05) is 6.61 Å². The van der Waals surface area contributed by atoms with Crippen LogP contribution in [-0.4, -0.2) is 50.4 Å². The maximum Gasteiger partial charge on any atom is 0.376 e. The molecule has 0 aliphatic carbocycles. The molecule has 0 aromatic heterocycles. The Bertz CT molecular complexity index is 232. The maximum absolute atomic E-state index is 10.4. The van der Waals surface area contributed by atoms with Crippen molar-refractivity contribution < 1.29 is 34.8 Å². The van der Waals surface area contributed by atoms with Crippen molar-refractivity contribution in [2.45, 2.75) is 5.60 Å². The summed E-state index contributed by atoms with van der Waals surface area (Å²) in [5.74, 6) is -6.19. The number of hydrogen-bond acceptors (Lipinski definition) is 5. The molecule has 0 saturated carbocycles. The maximum atomic E-state index is 10.4. The number of carboxylic acids is 2. The predicted molar refractivity (Wildman–Crippen MR) is 32.3 cm³/mol. The molecule has 0 rings (SSSR count). The van der Waals surface area contributed by atoms with Crippen molar-refractivity contribution in [1.29, 1.82) is 0 Å². The second-order valence-corrected chi connectivity index (χ2v) is 1.96. The van der Waals surface area contributed by atoms with Crippen LogP contribution in [0.3, 0.4) is 0 Å². The summed E-state index contributed by atoms with van der Waals surface area (Å²) < 4.78 is 0. The van der Waals surface area contributed by atoms with E-state index in [9.17, 15) is 14.4 Å². The number of carbonyl (C=O) groups is 3. The highest BCUT2D eigenvalue weighted by Crippen LogP contribution is 2.05. The van der Waals surface area contributed by atoms with E-state index in [-0.39, 0.29) is 0 Å². The van der Waals surface area contributed by atoms with Crippen LogP contribution in [0.15, 0.2) is 0 Å². The first-order chi connectivity index (χ1) is 5.36. The third-order valence-corrected chi connectivity index (χ3v) is 1.15. The van der Waals surface area contributed by atoms with E-state index in [1.165, 1.54) is 0 Å². The molecular formula is C5H6O7. The fourth-order valence-corrected chi connectivity index (χ4v) is 0.413. The second kappa shape index (κ2) is 3.28. The van der Waals surface area contributed by atoms with E-state index in [4.69, 9.17) is 20.4 Å². The van der Waals surface area contributed by atoms with Crippen molar-refractivity contribution in [1.82, 2.24) is 0 Å². The molecule has 0 fully saturated rings. The molecule has 7 heteroatoms. The fourth-order valence-electron chi connectivity index (χ4n) is 0.413. The van der Waals surface area contributed by atoms with Gasteiger partial charge in [0.25, 0.3) is 11.4 Å². The number of Topliss-reactive ketones (excluding diaryl/α,β-unsaturated/α-hetero) is 1. The molecule has 0 aliphatic rings. The van der Waals surface area contributed by atoms with Crippen LogP contribution in [0, 0.1) is 0 Å². The van der Waals surface area contributed by atoms with Crippen LogP contribution in [0.2, 0.25) is 0 Å². The van der Waals surface area contributed by atoms with Gasteiger partial charge in [-0.25, -0.2) is 9.59 Å². The highest BCUT2D eigenvalue weighted by atomic mass is 16.4. The van der Waals surface area contributed by atoms with E-state index in [0.29, 0.717) is 0 Å². The second-order valence-electron chi connectivity index (χ2n) is 1.96. The average molecular weight is 178 g/mol. The van der Waals surface area contributed by atoms with Gasteiger partial charge in [0.05, 0.1) is 6.61 Å². The summed E-state index contributed by atoms with van der Waals surface area (Å²) in [4.78, 5) is 30.5. The van der Waals surface area contributed by atoms with E-state index < -0.39 is 29.9 Å². The zero-order chi connectivity index (χ0) is 9.94. The first-order valence-corrected chi connectivity index (χ1v) is 2.70. The quantitative estimate of drug-likeness (QED) is 0.275. The molecule has 1 unspecified atom stereocenters. The first kappa shape index (κ1) is 10.5. The standard InChI is InChI=1S/C5H6O7/c6-1-5(12,4(10)11)2(7)3(8)9/h6,12H,1H2,(H,8,9)(H,10,11). The zero-order valence-corrected chi connectivity index (χ0v) is 5.72. The van der Waals surface area contributed by atoms with Crippen molar-refractivity contribution in [3.05, 3.63) is 0 Å². The third kappa shape index (κ3) is 1.57. The van der Waals surface area contributed by atoms with Gasteiger partial charge in [0, 0.05) is 0 Å². The van der Waals surface area contributed by atoms with Gasteiger partial charge in [-0.05, 0) is 0 Å². The van der Waals surface area contributed by atoms with Crippen LogP contribution < -0.4 is 0 Å². The molecule has 7 nitrogen and oxygen atoms in total. The zero-order valence-electron chi connectivity index (χ0n) is 5.72. The summed E-state index contributed by atoms with van der Waals surface area (Å²) in [5.41, 5.74) is -3.24. The molecule has 68 valence electrons. The van der Waals surface area contributed by atoms with Crippen LogP contribution in [-0.2, 0) is 14.4 Å². The van der Waals surface area contributed by atoms with Crippen molar-refractivity contribution >= 4 is 17.7 Å². The Morgan fingerprint density at radius 3 is 1.67 bits per heavy atom. The number of aliphatic carboxylic acids is 2. The number of aliphatic hydroxyl groups excluding tert-OH is 1. The molecule has 0 aromatic carbocycles. The number of rotatable bonds is 4. The summed E-state index contributed by atoms with van der Waals surface area (Å²) >= 11 is 0. The van der Waals surface area contributed by atoms with Gasteiger partial charge in [-0.2, -0.15) is 0 Å². The lowest BCUT2D eigenvalue weighted by Crippen LogP contribution is -2.52. The number of carbonyl (C=O) groups excluding carboxylic acids is 1. The monoisotopic (exact) mass is 178 g/mol. The van der Waals surface area contributed by atoms with Gasteiger partial charge < -0.3 is 20.4 Å². The van der Waals surface area contributed by atoms with Gasteiger partial charge >= 0.3 is 11.9 Å². The van der Waals surface area contributed by atoms with Crippen LogP contribution in [0.25, 0.3) is 0 Å². The molecule has 0 spiro atoms.